The van der Waals surface area contributed by atoms with Gasteiger partial charge < -0.3 is 0 Å². The minimum absolute atomic E-state index is 0.662. The van der Waals surface area contributed by atoms with Crippen LogP contribution >= 0.6 is 0 Å². The Morgan fingerprint density at radius 3 is 1.87 bits per heavy atom. The van der Waals surface area contributed by atoms with Crippen molar-refractivity contribution in [1.29, 1.82) is 0 Å². The van der Waals surface area contributed by atoms with Gasteiger partial charge in [-0.25, -0.2) is 15.0 Å². The van der Waals surface area contributed by atoms with Crippen LogP contribution in [0.15, 0.2) is 171 Å². The summed E-state index contributed by atoms with van der Waals surface area (Å²) in [6, 6.07) is 52.4. The van der Waals surface area contributed by atoms with Crippen molar-refractivity contribution in [2.45, 2.75) is 6.92 Å². The van der Waals surface area contributed by atoms with Crippen LogP contribution in [0, 0.1) is 0 Å². The minimum atomic E-state index is 0.662. The van der Waals surface area contributed by atoms with Gasteiger partial charge in [0.2, 0.25) is 0 Å². The molecule has 9 rings (SSSR count). The third-order valence-electron chi connectivity index (χ3n) is 9.79. The van der Waals surface area contributed by atoms with E-state index in [1.165, 1.54) is 5.39 Å². The highest BCUT2D eigenvalue weighted by Gasteiger charge is 2.19. The highest BCUT2D eigenvalue weighted by atomic mass is 14.9. The molecule has 0 radical (unpaired) electrons. The van der Waals surface area contributed by atoms with E-state index in [1.807, 2.05) is 60.7 Å². The zero-order valence-electron chi connectivity index (χ0n) is 29.2. The number of pyridine rings is 2. The van der Waals surface area contributed by atoms with E-state index in [9.17, 15) is 0 Å². The van der Waals surface area contributed by atoms with Crippen molar-refractivity contribution in [1.82, 2.24) is 19.9 Å². The predicted octanol–water partition coefficient (Wildman–Crippen LogP) is 12.7. The zero-order chi connectivity index (χ0) is 35.7. The molecule has 3 aromatic heterocycles. The van der Waals surface area contributed by atoms with Gasteiger partial charge in [-0.3, -0.25) is 4.98 Å². The molecule has 0 saturated carbocycles. The number of nitrogens with zero attached hydrogens (tertiary/aromatic N) is 4. The summed E-state index contributed by atoms with van der Waals surface area (Å²) in [5, 5.41) is 5.77. The Hall–Kier alpha value is -7.04. The van der Waals surface area contributed by atoms with Crippen molar-refractivity contribution >= 4 is 44.6 Å². The standard InChI is InChI=1S/C49H34N4/c1-3-16-39-37(4-2)38-23-8-9-24-40(38)47-46(39)41-25-10-11-26-42(41)51-48(47)36-22-15-20-34(30-36)33-19-14-21-35(29-33)44-31-45(43-27-12-13-28-50-43)53-49(52-44)32-17-6-5-7-18-32/h3-31H,2H2,1H3/b16-3-. The maximum atomic E-state index is 5.38. The van der Waals surface area contributed by atoms with Crippen molar-refractivity contribution in [2.24, 2.45) is 0 Å². The smallest absolute Gasteiger partial charge is 0.160 e. The fourth-order valence-electron chi connectivity index (χ4n) is 7.40. The van der Waals surface area contributed by atoms with Crippen LogP contribution in [0.5, 0.6) is 0 Å². The average molecular weight is 679 g/mol. The van der Waals surface area contributed by atoms with Gasteiger partial charge in [-0.1, -0.05) is 140 Å². The molecule has 9 aromatic rings. The Labute approximate surface area is 308 Å². The van der Waals surface area contributed by atoms with Crippen molar-refractivity contribution in [3.8, 4) is 56.4 Å². The fraction of sp³-hybridized carbons (Fsp3) is 0.0204. The number of allylic oxidation sites excluding steroid dienone is 1. The largest absolute Gasteiger partial charge is 0.255 e. The molecule has 0 unspecified atom stereocenters. The lowest BCUT2D eigenvalue weighted by Crippen LogP contribution is -1.97. The Balaban J connectivity index is 1.23. The van der Waals surface area contributed by atoms with Gasteiger partial charge in [0.05, 0.1) is 28.3 Å². The van der Waals surface area contributed by atoms with E-state index in [-0.39, 0.29) is 0 Å². The van der Waals surface area contributed by atoms with Crippen LogP contribution in [-0.4, -0.2) is 19.9 Å². The summed E-state index contributed by atoms with van der Waals surface area (Å²) >= 11 is 0. The molecule has 0 spiro atoms. The summed E-state index contributed by atoms with van der Waals surface area (Å²) in [5.74, 6) is 0.662. The van der Waals surface area contributed by atoms with E-state index in [2.05, 4.69) is 128 Å². The van der Waals surface area contributed by atoms with Gasteiger partial charge >= 0.3 is 0 Å². The van der Waals surface area contributed by atoms with Crippen molar-refractivity contribution in [3.05, 3.63) is 182 Å². The molecular weight excluding hydrogens is 645 g/mol. The van der Waals surface area contributed by atoms with Crippen LogP contribution in [-0.2, 0) is 0 Å². The molecule has 3 heterocycles. The molecule has 0 N–H and O–H groups in total. The maximum Gasteiger partial charge on any atom is 0.160 e. The second kappa shape index (κ2) is 13.6. The number of hydrogen-bond donors (Lipinski definition) is 0. The Bertz CT molecular complexity index is 2800. The number of benzene rings is 6. The highest BCUT2D eigenvalue weighted by molar-refractivity contribution is 6.25. The molecule has 6 aromatic carbocycles. The van der Waals surface area contributed by atoms with E-state index in [1.54, 1.807) is 6.20 Å². The van der Waals surface area contributed by atoms with Crippen LogP contribution in [0.1, 0.15) is 18.1 Å². The monoisotopic (exact) mass is 678 g/mol. The van der Waals surface area contributed by atoms with E-state index in [0.717, 1.165) is 88.8 Å². The first-order valence-electron chi connectivity index (χ1n) is 17.8. The quantitative estimate of drug-likeness (QED) is 0.157. The van der Waals surface area contributed by atoms with Crippen molar-refractivity contribution in [2.75, 3.05) is 0 Å². The van der Waals surface area contributed by atoms with E-state index in [0.29, 0.717) is 5.82 Å². The minimum Gasteiger partial charge on any atom is -0.255 e. The molecule has 4 heteroatoms. The van der Waals surface area contributed by atoms with E-state index >= 15 is 0 Å². The first-order chi connectivity index (χ1) is 26.2. The first kappa shape index (κ1) is 31.9. The lowest BCUT2D eigenvalue weighted by atomic mass is 9.87. The lowest BCUT2D eigenvalue weighted by molar-refractivity contribution is 1.16. The van der Waals surface area contributed by atoms with Crippen molar-refractivity contribution < 1.29 is 0 Å². The van der Waals surface area contributed by atoms with Gasteiger partial charge in [0.15, 0.2) is 5.82 Å². The molecule has 250 valence electrons. The molecule has 0 aliphatic rings. The number of para-hydroxylation sites is 1. The lowest BCUT2D eigenvalue weighted by Gasteiger charge is -2.18. The summed E-state index contributed by atoms with van der Waals surface area (Å²) in [4.78, 5) is 20.0. The molecule has 53 heavy (non-hydrogen) atoms. The summed E-state index contributed by atoms with van der Waals surface area (Å²) in [6.45, 7) is 6.31. The maximum absolute atomic E-state index is 5.38. The van der Waals surface area contributed by atoms with Crippen LogP contribution < -0.4 is 0 Å². The second-order valence-electron chi connectivity index (χ2n) is 13.0. The topological polar surface area (TPSA) is 51.6 Å². The first-order valence-corrected chi connectivity index (χ1v) is 17.8. The molecule has 0 saturated heterocycles. The number of rotatable bonds is 7. The van der Waals surface area contributed by atoms with Crippen LogP contribution in [0.25, 0.3) is 101 Å². The Morgan fingerprint density at radius 2 is 1.11 bits per heavy atom. The average Bonchev–Trinajstić information content (AvgIpc) is 3.24. The highest BCUT2D eigenvalue weighted by Crippen LogP contribution is 2.43. The number of fused-ring (bicyclic) bond motifs is 5. The van der Waals surface area contributed by atoms with Crippen molar-refractivity contribution in [3.63, 3.8) is 0 Å². The summed E-state index contributed by atoms with van der Waals surface area (Å²) in [7, 11) is 0. The molecule has 0 amide bonds. The van der Waals surface area contributed by atoms with Crippen LogP contribution in [0.4, 0.5) is 0 Å². The SMILES string of the molecule is C=Cc1c(/C=C\C)c2c3ccccc3nc(-c3cccc(-c4cccc(-c5cc(-c6ccccn6)nc(-c6ccccc6)n5)c4)c3)c2c2ccccc12. The molecule has 0 bridgehead atoms. The third-order valence-corrected chi connectivity index (χ3v) is 9.79. The van der Waals surface area contributed by atoms with Crippen LogP contribution in [0.2, 0.25) is 0 Å². The number of hydrogen-bond acceptors (Lipinski definition) is 4. The third kappa shape index (κ3) is 5.77. The summed E-state index contributed by atoms with van der Waals surface area (Å²) in [6.07, 6.45) is 8.10. The van der Waals surface area contributed by atoms with Crippen LogP contribution in [0.3, 0.4) is 0 Å². The molecule has 4 nitrogen and oxygen atoms in total. The fourth-order valence-corrected chi connectivity index (χ4v) is 7.40. The van der Waals surface area contributed by atoms with E-state index in [4.69, 9.17) is 15.0 Å². The van der Waals surface area contributed by atoms with Gasteiger partial charge in [0.25, 0.3) is 0 Å². The molecule has 0 fully saturated rings. The summed E-state index contributed by atoms with van der Waals surface area (Å²) < 4.78 is 0. The van der Waals surface area contributed by atoms with Gasteiger partial charge in [0, 0.05) is 39.0 Å². The number of aromatic nitrogens is 4. The van der Waals surface area contributed by atoms with Gasteiger partial charge in [0.1, 0.15) is 0 Å². The van der Waals surface area contributed by atoms with Gasteiger partial charge in [-0.2, -0.15) is 0 Å². The second-order valence-corrected chi connectivity index (χ2v) is 13.0. The van der Waals surface area contributed by atoms with Gasteiger partial charge in [-0.15, -0.1) is 0 Å². The molecule has 0 atom stereocenters. The summed E-state index contributed by atoms with van der Waals surface area (Å²) in [5.41, 5.74) is 11.8. The normalized spacial score (nSPS) is 11.5. The molecule has 0 aliphatic carbocycles. The zero-order valence-corrected chi connectivity index (χ0v) is 29.2. The predicted molar refractivity (Wildman–Crippen MR) is 222 cm³/mol. The molecular formula is C49H34N4. The Kier molecular flexibility index (Phi) is 8.18. The molecule has 0 aliphatic heterocycles. The van der Waals surface area contributed by atoms with Gasteiger partial charge in [-0.05, 0) is 76.3 Å². The van der Waals surface area contributed by atoms with E-state index < -0.39 is 0 Å². The Morgan fingerprint density at radius 1 is 0.472 bits per heavy atom.